The number of nitrogens with zero attached hydrogens (tertiary/aromatic N) is 1. The lowest BCUT2D eigenvalue weighted by Crippen LogP contribution is -2.25. The quantitative estimate of drug-likeness (QED) is 0.703. The summed E-state index contributed by atoms with van der Waals surface area (Å²) in [6.45, 7) is 10.1. The number of hydrogen-bond donors (Lipinski definition) is 1. The molecule has 1 atom stereocenters. The summed E-state index contributed by atoms with van der Waals surface area (Å²) in [7, 11) is 4.12. The lowest BCUT2D eigenvalue weighted by Gasteiger charge is -2.16. The predicted molar refractivity (Wildman–Crippen MR) is 86.3 cm³/mol. The Labute approximate surface area is 124 Å². The summed E-state index contributed by atoms with van der Waals surface area (Å²) >= 11 is 0. The molecule has 0 amide bonds. The van der Waals surface area contributed by atoms with Crippen LogP contribution in [0.5, 0.6) is 0 Å². The molecule has 0 spiro atoms. The third kappa shape index (κ3) is 6.51. The van der Waals surface area contributed by atoms with E-state index in [2.05, 4.69) is 69.3 Å². The average molecular weight is 278 g/mol. The van der Waals surface area contributed by atoms with Gasteiger partial charge in [-0.15, -0.1) is 0 Å². The predicted octanol–water partition coefficient (Wildman–Crippen LogP) is 3.04. The first kappa shape index (κ1) is 17.2. The van der Waals surface area contributed by atoms with Gasteiger partial charge in [-0.05, 0) is 38.1 Å². The second-order valence-corrected chi connectivity index (χ2v) is 5.91. The third-order valence-corrected chi connectivity index (χ3v) is 3.48. The number of nitrogens with one attached hydrogen (secondary N) is 1. The van der Waals surface area contributed by atoms with Crippen LogP contribution in [0.1, 0.15) is 43.9 Å². The van der Waals surface area contributed by atoms with E-state index in [0.717, 1.165) is 26.3 Å². The van der Waals surface area contributed by atoms with Gasteiger partial charge in [-0.1, -0.05) is 38.1 Å². The summed E-state index contributed by atoms with van der Waals surface area (Å²) in [5.74, 6) is 0.595. The topological polar surface area (TPSA) is 24.5 Å². The van der Waals surface area contributed by atoms with Crippen LogP contribution < -0.4 is 5.32 Å². The zero-order valence-electron chi connectivity index (χ0n) is 13.6. The number of rotatable bonds is 9. The second kappa shape index (κ2) is 9.11. The Morgan fingerprint density at radius 3 is 2.15 bits per heavy atom. The maximum absolute atomic E-state index is 5.58. The Balaban J connectivity index is 2.23. The summed E-state index contributed by atoms with van der Waals surface area (Å²) < 4.78 is 5.58. The zero-order valence-corrected chi connectivity index (χ0v) is 13.6. The molecular weight excluding hydrogens is 248 g/mol. The maximum Gasteiger partial charge on any atom is 0.0593 e. The van der Waals surface area contributed by atoms with Crippen LogP contribution in [-0.4, -0.2) is 45.3 Å². The van der Waals surface area contributed by atoms with Crippen molar-refractivity contribution in [1.29, 1.82) is 0 Å². The van der Waals surface area contributed by atoms with Crippen molar-refractivity contribution in [3.8, 4) is 0 Å². The van der Waals surface area contributed by atoms with Gasteiger partial charge in [-0.3, -0.25) is 0 Å². The molecule has 1 unspecified atom stereocenters. The molecule has 0 bridgehead atoms. The van der Waals surface area contributed by atoms with Crippen molar-refractivity contribution in [2.24, 2.45) is 0 Å². The highest BCUT2D eigenvalue weighted by atomic mass is 16.5. The Bertz CT molecular complexity index is 360. The summed E-state index contributed by atoms with van der Waals surface area (Å²) in [5.41, 5.74) is 2.73. The monoisotopic (exact) mass is 278 g/mol. The van der Waals surface area contributed by atoms with Gasteiger partial charge in [0.05, 0.1) is 13.2 Å². The van der Waals surface area contributed by atoms with Crippen LogP contribution in [0.4, 0.5) is 0 Å². The Morgan fingerprint density at radius 2 is 1.60 bits per heavy atom. The zero-order chi connectivity index (χ0) is 15.0. The van der Waals surface area contributed by atoms with Crippen molar-refractivity contribution >= 4 is 0 Å². The first-order valence-corrected chi connectivity index (χ1v) is 7.56. The first-order valence-electron chi connectivity index (χ1n) is 7.56. The lowest BCUT2D eigenvalue weighted by molar-refractivity contribution is 0.118. The summed E-state index contributed by atoms with van der Waals surface area (Å²) in [6, 6.07) is 9.27. The van der Waals surface area contributed by atoms with Crippen LogP contribution in [0.25, 0.3) is 0 Å². The van der Waals surface area contributed by atoms with Crippen LogP contribution in [-0.2, 0) is 4.74 Å². The van der Waals surface area contributed by atoms with Crippen LogP contribution in [0.3, 0.4) is 0 Å². The molecule has 0 aliphatic heterocycles. The highest BCUT2D eigenvalue weighted by Crippen LogP contribution is 2.18. The van der Waals surface area contributed by atoms with Crippen LogP contribution in [0, 0.1) is 0 Å². The van der Waals surface area contributed by atoms with Gasteiger partial charge in [0.2, 0.25) is 0 Å². The van der Waals surface area contributed by atoms with E-state index < -0.39 is 0 Å². The smallest absolute Gasteiger partial charge is 0.0593 e. The van der Waals surface area contributed by atoms with E-state index >= 15 is 0 Å². The Kier molecular flexibility index (Phi) is 7.82. The summed E-state index contributed by atoms with van der Waals surface area (Å²) in [6.07, 6.45) is 0. The number of likely N-dealkylation sites (N-methyl/N-ethyl adjacent to an activating group) is 1. The lowest BCUT2D eigenvalue weighted by atomic mass is 10.00. The van der Waals surface area contributed by atoms with Crippen LogP contribution in [0.15, 0.2) is 24.3 Å². The maximum atomic E-state index is 5.58. The first-order chi connectivity index (χ1) is 9.50. The van der Waals surface area contributed by atoms with Gasteiger partial charge < -0.3 is 15.0 Å². The molecule has 0 aliphatic rings. The van der Waals surface area contributed by atoms with Gasteiger partial charge >= 0.3 is 0 Å². The molecule has 0 radical (unpaired) electrons. The van der Waals surface area contributed by atoms with Gasteiger partial charge in [0.15, 0.2) is 0 Å². The molecule has 1 N–H and O–H groups in total. The van der Waals surface area contributed by atoms with Gasteiger partial charge in [-0.2, -0.15) is 0 Å². The van der Waals surface area contributed by atoms with Crippen LogP contribution in [0.2, 0.25) is 0 Å². The molecule has 0 aromatic heterocycles. The van der Waals surface area contributed by atoms with Crippen molar-refractivity contribution in [1.82, 2.24) is 10.2 Å². The molecule has 20 heavy (non-hydrogen) atoms. The minimum absolute atomic E-state index is 0.369. The van der Waals surface area contributed by atoms with Gasteiger partial charge in [-0.25, -0.2) is 0 Å². The van der Waals surface area contributed by atoms with E-state index in [1.165, 1.54) is 11.1 Å². The molecule has 0 saturated carbocycles. The molecular formula is C17H30N2O. The SMILES string of the molecule is CC(C)c1ccc(C(C)NCCOCCN(C)C)cc1. The van der Waals surface area contributed by atoms with Gasteiger partial charge in [0.25, 0.3) is 0 Å². The molecule has 1 aromatic rings. The molecule has 0 aliphatic carbocycles. The van der Waals surface area contributed by atoms with Crippen LogP contribution >= 0.6 is 0 Å². The van der Waals surface area contributed by atoms with Crippen molar-refractivity contribution in [2.45, 2.75) is 32.7 Å². The second-order valence-electron chi connectivity index (χ2n) is 5.91. The molecule has 3 nitrogen and oxygen atoms in total. The highest BCUT2D eigenvalue weighted by Gasteiger charge is 2.05. The fourth-order valence-corrected chi connectivity index (χ4v) is 1.98. The molecule has 1 rings (SSSR count). The molecule has 0 heterocycles. The summed E-state index contributed by atoms with van der Waals surface area (Å²) in [5, 5.41) is 3.50. The normalized spacial score (nSPS) is 13.2. The average Bonchev–Trinajstić information content (AvgIpc) is 2.42. The van der Waals surface area contributed by atoms with Gasteiger partial charge in [0, 0.05) is 19.1 Å². The fraction of sp³-hybridized carbons (Fsp3) is 0.647. The van der Waals surface area contributed by atoms with Crippen molar-refractivity contribution < 1.29 is 4.74 Å². The van der Waals surface area contributed by atoms with Gasteiger partial charge in [0.1, 0.15) is 0 Å². The molecule has 0 fully saturated rings. The van der Waals surface area contributed by atoms with Crippen molar-refractivity contribution in [3.05, 3.63) is 35.4 Å². The van der Waals surface area contributed by atoms with E-state index in [1.807, 2.05) is 0 Å². The molecule has 114 valence electrons. The molecule has 3 heteroatoms. The Morgan fingerprint density at radius 1 is 1.00 bits per heavy atom. The minimum atomic E-state index is 0.369. The highest BCUT2D eigenvalue weighted by molar-refractivity contribution is 5.26. The molecule has 0 saturated heterocycles. The minimum Gasteiger partial charge on any atom is -0.379 e. The standard InChI is InChI=1S/C17H30N2O/c1-14(2)16-6-8-17(9-7-16)15(3)18-10-12-20-13-11-19(4)5/h6-9,14-15,18H,10-13H2,1-5H3. The van der Waals surface area contributed by atoms with E-state index in [9.17, 15) is 0 Å². The summed E-state index contributed by atoms with van der Waals surface area (Å²) in [4.78, 5) is 2.13. The fourth-order valence-electron chi connectivity index (χ4n) is 1.98. The van der Waals surface area contributed by atoms with Crippen molar-refractivity contribution in [3.63, 3.8) is 0 Å². The largest absolute Gasteiger partial charge is 0.379 e. The van der Waals surface area contributed by atoms with E-state index in [-0.39, 0.29) is 0 Å². The van der Waals surface area contributed by atoms with E-state index in [4.69, 9.17) is 4.74 Å². The van der Waals surface area contributed by atoms with Crippen molar-refractivity contribution in [2.75, 3.05) is 40.4 Å². The number of ether oxygens (including phenoxy) is 1. The van der Waals surface area contributed by atoms with E-state index in [0.29, 0.717) is 12.0 Å². The Hall–Kier alpha value is -0.900. The number of benzene rings is 1. The molecule has 1 aromatic carbocycles. The number of hydrogen-bond acceptors (Lipinski definition) is 3. The third-order valence-electron chi connectivity index (χ3n) is 3.48. The van der Waals surface area contributed by atoms with E-state index in [1.54, 1.807) is 0 Å².